The van der Waals surface area contributed by atoms with Crippen LogP contribution in [-0.2, 0) is 6.54 Å². The minimum absolute atomic E-state index is 0.284. The molecule has 2 aromatic rings. The zero-order valence-corrected chi connectivity index (χ0v) is 15.7. The second-order valence-corrected chi connectivity index (χ2v) is 7.13. The molecule has 5 nitrogen and oxygen atoms in total. The number of aryl methyl sites for hydroxylation is 1. The van der Waals surface area contributed by atoms with Crippen molar-refractivity contribution in [2.45, 2.75) is 13.5 Å². The minimum atomic E-state index is 0.284. The molecule has 0 saturated carbocycles. The van der Waals surface area contributed by atoms with Crippen LogP contribution in [0.4, 0.5) is 5.69 Å². The smallest absolute Gasteiger partial charge is 0.231 e. The number of ether oxygens (including phenoxy) is 2. The predicted octanol–water partition coefficient (Wildman–Crippen LogP) is 3.24. The van der Waals surface area contributed by atoms with Gasteiger partial charge in [-0.15, -0.1) is 0 Å². The van der Waals surface area contributed by atoms with E-state index in [0.29, 0.717) is 0 Å². The number of rotatable bonds is 3. The van der Waals surface area contributed by atoms with Gasteiger partial charge in [0.05, 0.1) is 0 Å². The van der Waals surface area contributed by atoms with E-state index in [-0.39, 0.29) is 6.79 Å². The Balaban J connectivity index is 1.28. The summed E-state index contributed by atoms with van der Waals surface area (Å²) in [5, 5.41) is 4.08. The summed E-state index contributed by atoms with van der Waals surface area (Å²) >= 11 is 5.59. The van der Waals surface area contributed by atoms with E-state index in [2.05, 4.69) is 46.3 Å². The van der Waals surface area contributed by atoms with Gasteiger partial charge in [0, 0.05) is 44.5 Å². The maximum absolute atomic E-state index is 5.59. The number of hydrogen-bond donors (Lipinski definition) is 1. The highest BCUT2D eigenvalue weighted by atomic mass is 32.1. The Hall–Kier alpha value is -2.31. The van der Waals surface area contributed by atoms with Gasteiger partial charge in [0.1, 0.15) is 0 Å². The van der Waals surface area contributed by atoms with Crippen LogP contribution in [-0.4, -0.2) is 47.9 Å². The average molecular weight is 369 g/mol. The van der Waals surface area contributed by atoms with Crippen LogP contribution in [0.5, 0.6) is 11.5 Å². The molecule has 2 heterocycles. The van der Waals surface area contributed by atoms with Crippen molar-refractivity contribution in [3.05, 3.63) is 53.6 Å². The van der Waals surface area contributed by atoms with Crippen LogP contribution in [0, 0.1) is 6.92 Å². The van der Waals surface area contributed by atoms with Gasteiger partial charge in [0.25, 0.3) is 0 Å². The molecule has 0 aliphatic carbocycles. The molecule has 4 rings (SSSR count). The van der Waals surface area contributed by atoms with Crippen LogP contribution in [0.3, 0.4) is 0 Å². The molecular weight excluding hydrogens is 346 g/mol. The quantitative estimate of drug-likeness (QED) is 0.837. The van der Waals surface area contributed by atoms with Crippen molar-refractivity contribution in [1.29, 1.82) is 0 Å². The van der Waals surface area contributed by atoms with Crippen LogP contribution in [0.15, 0.2) is 42.5 Å². The Morgan fingerprint density at radius 2 is 1.73 bits per heavy atom. The van der Waals surface area contributed by atoms with Gasteiger partial charge < -0.3 is 19.7 Å². The van der Waals surface area contributed by atoms with E-state index >= 15 is 0 Å². The third kappa shape index (κ3) is 3.92. The highest BCUT2D eigenvalue weighted by Gasteiger charge is 2.20. The first kappa shape index (κ1) is 17.1. The minimum Gasteiger partial charge on any atom is -0.454 e. The maximum Gasteiger partial charge on any atom is 0.231 e. The summed E-state index contributed by atoms with van der Waals surface area (Å²) in [5.74, 6) is 1.55. The third-order valence-electron chi connectivity index (χ3n) is 4.81. The molecule has 1 N–H and O–H groups in total. The van der Waals surface area contributed by atoms with Gasteiger partial charge in [0.15, 0.2) is 16.6 Å². The lowest BCUT2D eigenvalue weighted by Gasteiger charge is -2.36. The zero-order valence-electron chi connectivity index (χ0n) is 14.9. The fraction of sp³-hybridized carbons (Fsp3) is 0.350. The Labute approximate surface area is 159 Å². The van der Waals surface area contributed by atoms with Gasteiger partial charge in [-0.2, -0.15) is 0 Å². The standard InChI is InChI=1S/C20H23N3O2S/c1-15-2-4-16(5-3-15)13-22-8-10-23(11-9-22)20(26)21-17-6-7-18-19(12-17)25-14-24-18/h2-7,12H,8-11,13-14H2,1H3,(H,21,26). The molecule has 2 aliphatic heterocycles. The number of anilines is 1. The van der Waals surface area contributed by atoms with E-state index in [9.17, 15) is 0 Å². The van der Waals surface area contributed by atoms with Crippen LogP contribution in [0.1, 0.15) is 11.1 Å². The number of hydrogen-bond acceptors (Lipinski definition) is 4. The first-order valence-electron chi connectivity index (χ1n) is 8.91. The van der Waals surface area contributed by atoms with Gasteiger partial charge in [0.2, 0.25) is 6.79 Å². The van der Waals surface area contributed by atoms with Crippen molar-refractivity contribution in [2.24, 2.45) is 0 Å². The van der Waals surface area contributed by atoms with Crippen LogP contribution in [0.2, 0.25) is 0 Å². The second-order valence-electron chi connectivity index (χ2n) is 6.75. The van der Waals surface area contributed by atoms with Gasteiger partial charge in [-0.1, -0.05) is 29.8 Å². The lowest BCUT2D eigenvalue weighted by Crippen LogP contribution is -2.49. The van der Waals surface area contributed by atoms with Crippen LogP contribution >= 0.6 is 12.2 Å². The summed E-state index contributed by atoms with van der Waals surface area (Å²) in [5.41, 5.74) is 3.60. The fourth-order valence-corrected chi connectivity index (χ4v) is 3.54. The molecule has 0 bridgehead atoms. The third-order valence-corrected chi connectivity index (χ3v) is 5.17. The van der Waals surface area contributed by atoms with Gasteiger partial charge >= 0.3 is 0 Å². The lowest BCUT2D eigenvalue weighted by atomic mass is 10.1. The van der Waals surface area contributed by atoms with E-state index in [0.717, 1.165) is 55.0 Å². The summed E-state index contributed by atoms with van der Waals surface area (Å²) in [6.45, 7) is 7.29. The summed E-state index contributed by atoms with van der Waals surface area (Å²) < 4.78 is 10.8. The summed E-state index contributed by atoms with van der Waals surface area (Å²) in [6, 6.07) is 14.6. The van der Waals surface area contributed by atoms with Gasteiger partial charge in [-0.25, -0.2) is 0 Å². The molecule has 0 spiro atoms. The van der Waals surface area contributed by atoms with E-state index in [1.807, 2.05) is 18.2 Å². The van der Waals surface area contributed by atoms with Crippen molar-refractivity contribution >= 4 is 23.0 Å². The van der Waals surface area contributed by atoms with Gasteiger partial charge in [-0.05, 0) is 36.8 Å². The van der Waals surface area contributed by atoms with E-state index in [4.69, 9.17) is 21.7 Å². The number of fused-ring (bicyclic) bond motifs is 1. The second kappa shape index (κ2) is 7.51. The summed E-state index contributed by atoms with van der Waals surface area (Å²) in [4.78, 5) is 4.70. The van der Waals surface area contributed by atoms with Crippen molar-refractivity contribution in [1.82, 2.24) is 9.80 Å². The molecule has 0 atom stereocenters. The molecule has 1 fully saturated rings. The number of nitrogens with one attached hydrogen (secondary N) is 1. The topological polar surface area (TPSA) is 37.0 Å². The summed E-state index contributed by atoms with van der Waals surface area (Å²) in [6.07, 6.45) is 0. The van der Waals surface area contributed by atoms with Crippen LogP contribution < -0.4 is 14.8 Å². The molecule has 136 valence electrons. The molecule has 26 heavy (non-hydrogen) atoms. The highest BCUT2D eigenvalue weighted by molar-refractivity contribution is 7.80. The molecular formula is C20H23N3O2S. The first-order chi connectivity index (χ1) is 12.7. The highest BCUT2D eigenvalue weighted by Crippen LogP contribution is 2.34. The monoisotopic (exact) mass is 369 g/mol. The Morgan fingerprint density at radius 1 is 1.00 bits per heavy atom. The normalized spacial score (nSPS) is 16.6. The van der Waals surface area contributed by atoms with E-state index in [1.54, 1.807) is 0 Å². The molecule has 6 heteroatoms. The average Bonchev–Trinajstić information content (AvgIpc) is 3.12. The van der Waals surface area contributed by atoms with Crippen LogP contribution in [0.25, 0.3) is 0 Å². The molecule has 2 aliphatic rings. The number of benzene rings is 2. The fourth-order valence-electron chi connectivity index (χ4n) is 3.24. The SMILES string of the molecule is Cc1ccc(CN2CCN(C(=S)Nc3ccc4c(c3)OCO4)CC2)cc1. The number of thiocarbonyl (C=S) groups is 1. The Morgan fingerprint density at radius 3 is 2.50 bits per heavy atom. The van der Waals surface area contributed by atoms with Crippen molar-refractivity contribution in [3.63, 3.8) is 0 Å². The largest absolute Gasteiger partial charge is 0.454 e. The van der Waals surface area contributed by atoms with Crippen molar-refractivity contribution in [2.75, 3.05) is 38.3 Å². The lowest BCUT2D eigenvalue weighted by molar-refractivity contribution is 0.174. The van der Waals surface area contributed by atoms with Crippen molar-refractivity contribution < 1.29 is 9.47 Å². The first-order valence-corrected chi connectivity index (χ1v) is 9.32. The maximum atomic E-state index is 5.59. The molecule has 0 amide bonds. The zero-order chi connectivity index (χ0) is 17.9. The summed E-state index contributed by atoms with van der Waals surface area (Å²) in [7, 11) is 0. The molecule has 1 saturated heterocycles. The molecule has 0 aromatic heterocycles. The van der Waals surface area contributed by atoms with Crippen molar-refractivity contribution in [3.8, 4) is 11.5 Å². The Bertz CT molecular complexity index is 786. The van der Waals surface area contributed by atoms with Gasteiger partial charge in [-0.3, -0.25) is 4.90 Å². The van der Waals surface area contributed by atoms with E-state index in [1.165, 1.54) is 11.1 Å². The molecule has 0 unspecified atom stereocenters. The number of nitrogens with zero attached hydrogens (tertiary/aromatic N) is 2. The predicted molar refractivity (Wildman–Crippen MR) is 107 cm³/mol. The molecule has 2 aromatic carbocycles. The van der Waals surface area contributed by atoms with E-state index < -0.39 is 0 Å². The number of piperazine rings is 1. The Kier molecular flexibility index (Phi) is 4.95. The molecule has 0 radical (unpaired) electrons.